The molecule has 0 fully saturated rings. The Kier molecular flexibility index (Phi) is 6.39. The van der Waals surface area contributed by atoms with Crippen molar-refractivity contribution in [3.05, 3.63) is 93.8 Å². The second kappa shape index (κ2) is 9.37. The molecule has 0 bridgehead atoms. The number of benzene rings is 3. The molecule has 0 aliphatic heterocycles. The van der Waals surface area contributed by atoms with Gasteiger partial charge in [0.2, 0.25) is 0 Å². The third-order valence-corrected chi connectivity index (χ3v) is 6.27. The van der Waals surface area contributed by atoms with Crippen molar-refractivity contribution < 1.29 is 19.4 Å². The van der Waals surface area contributed by atoms with E-state index in [-0.39, 0.29) is 11.3 Å². The van der Waals surface area contributed by atoms with E-state index in [4.69, 9.17) is 9.47 Å². The second-order valence-corrected chi connectivity index (χ2v) is 8.61. The summed E-state index contributed by atoms with van der Waals surface area (Å²) in [5.74, 6) is -0.248. The Bertz CT molecular complexity index is 1220. The third-order valence-electron chi connectivity index (χ3n) is 4.82. The molecule has 0 saturated carbocycles. The van der Waals surface area contributed by atoms with E-state index in [2.05, 4.69) is 15.9 Å². The van der Waals surface area contributed by atoms with Gasteiger partial charge in [-0.05, 0) is 59.0 Å². The maximum Gasteiger partial charge on any atom is 0.127 e. The number of hydrogen-bond acceptors (Lipinski definition) is 5. The molecule has 1 aromatic heterocycles. The number of carbonyl (C=O) groups is 1. The third kappa shape index (κ3) is 4.65. The van der Waals surface area contributed by atoms with E-state index >= 15 is 0 Å². The molecule has 6 heteroatoms. The van der Waals surface area contributed by atoms with Crippen LogP contribution in [0, 0.1) is 0 Å². The van der Waals surface area contributed by atoms with Crippen LogP contribution in [0.25, 0.3) is 21.6 Å². The molecule has 0 N–H and O–H groups in total. The maximum absolute atomic E-state index is 11.6. The SMILES string of the molecule is COc1ccc(-c2sccc2-c2cc(Br)ccc2OCc2ccccc2)cc1C(=O)[O-]. The van der Waals surface area contributed by atoms with Gasteiger partial charge in [0.25, 0.3) is 0 Å². The molecule has 0 unspecified atom stereocenters. The van der Waals surface area contributed by atoms with Gasteiger partial charge in [0, 0.05) is 26.0 Å². The van der Waals surface area contributed by atoms with Gasteiger partial charge in [-0.2, -0.15) is 0 Å². The van der Waals surface area contributed by atoms with E-state index in [9.17, 15) is 9.90 Å². The second-order valence-electron chi connectivity index (χ2n) is 6.78. The maximum atomic E-state index is 11.6. The van der Waals surface area contributed by atoms with Crippen molar-refractivity contribution >= 4 is 33.2 Å². The summed E-state index contributed by atoms with van der Waals surface area (Å²) in [5, 5.41) is 13.5. The highest BCUT2D eigenvalue weighted by molar-refractivity contribution is 9.10. The lowest BCUT2D eigenvalue weighted by molar-refractivity contribution is -0.255. The van der Waals surface area contributed by atoms with Crippen LogP contribution in [0.3, 0.4) is 0 Å². The average Bonchev–Trinajstić information content (AvgIpc) is 3.28. The van der Waals surface area contributed by atoms with Gasteiger partial charge < -0.3 is 19.4 Å². The number of thiophene rings is 1. The molecule has 0 amide bonds. The first-order valence-electron chi connectivity index (χ1n) is 9.50. The number of methoxy groups -OCH3 is 1. The van der Waals surface area contributed by atoms with Crippen molar-refractivity contribution in [3.63, 3.8) is 0 Å². The van der Waals surface area contributed by atoms with E-state index in [1.807, 2.05) is 66.0 Å². The largest absolute Gasteiger partial charge is 0.545 e. The van der Waals surface area contributed by atoms with Crippen LogP contribution in [0.4, 0.5) is 0 Å². The topological polar surface area (TPSA) is 58.6 Å². The van der Waals surface area contributed by atoms with Crippen molar-refractivity contribution in [2.45, 2.75) is 6.61 Å². The van der Waals surface area contributed by atoms with Crippen LogP contribution in [-0.2, 0) is 6.61 Å². The van der Waals surface area contributed by atoms with Crippen molar-refractivity contribution in [2.75, 3.05) is 7.11 Å². The monoisotopic (exact) mass is 493 g/mol. The zero-order valence-electron chi connectivity index (χ0n) is 16.6. The standard InChI is InChI=1S/C25H19BrO4S/c1-29-22-9-7-17(13-21(22)25(27)28)24-19(11-12-31-24)20-14-18(26)8-10-23(20)30-15-16-5-3-2-4-6-16/h2-14H,15H2,1H3,(H,27,28)/p-1. The van der Waals surface area contributed by atoms with Gasteiger partial charge in [0.15, 0.2) is 0 Å². The Balaban J connectivity index is 1.74. The molecule has 31 heavy (non-hydrogen) atoms. The number of carbonyl (C=O) groups excluding carboxylic acids is 1. The molecule has 4 nitrogen and oxygen atoms in total. The molecule has 156 valence electrons. The molecule has 1 heterocycles. The van der Waals surface area contributed by atoms with Gasteiger partial charge in [-0.25, -0.2) is 0 Å². The predicted molar refractivity (Wildman–Crippen MR) is 125 cm³/mol. The quantitative estimate of drug-likeness (QED) is 0.326. The van der Waals surface area contributed by atoms with Gasteiger partial charge >= 0.3 is 0 Å². The number of ether oxygens (including phenoxy) is 2. The number of carboxylic acid groups (broad SMARTS) is 1. The van der Waals surface area contributed by atoms with E-state index in [0.717, 1.165) is 37.4 Å². The Hall–Kier alpha value is -3.09. The number of carboxylic acids is 1. The number of halogens is 1. The fourth-order valence-electron chi connectivity index (χ4n) is 3.33. The molecule has 0 radical (unpaired) electrons. The zero-order chi connectivity index (χ0) is 21.8. The summed E-state index contributed by atoms with van der Waals surface area (Å²) in [6.45, 7) is 0.451. The summed E-state index contributed by atoms with van der Waals surface area (Å²) in [5.41, 5.74) is 3.76. The van der Waals surface area contributed by atoms with Gasteiger partial charge in [-0.15, -0.1) is 11.3 Å². The van der Waals surface area contributed by atoms with E-state index in [0.29, 0.717) is 6.61 Å². The summed E-state index contributed by atoms with van der Waals surface area (Å²) < 4.78 is 12.2. The number of hydrogen-bond donors (Lipinski definition) is 0. The van der Waals surface area contributed by atoms with Crippen LogP contribution in [0.5, 0.6) is 11.5 Å². The number of aromatic carboxylic acids is 1. The summed E-state index contributed by atoms with van der Waals surface area (Å²) in [4.78, 5) is 12.5. The minimum atomic E-state index is -1.27. The summed E-state index contributed by atoms with van der Waals surface area (Å²) in [6.07, 6.45) is 0. The molecule has 4 rings (SSSR count). The van der Waals surface area contributed by atoms with E-state index < -0.39 is 5.97 Å². The molecule has 0 atom stereocenters. The molecular weight excluding hydrogens is 476 g/mol. The molecular formula is C25H18BrO4S-. The highest BCUT2D eigenvalue weighted by Crippen LogP contribution is 2.43. The molecule has 0 aliphatic rings. The predicted octanol–water partition coefficient (Wildman–Crippen LogP) is 5.80. The lowest BCUT2D eigenvalue weighted by Crippen LogP contribution is -2.22. The fourth-order valence-corrected chi connectivity index (χ4v) is 4.60. The fraction of sp³-hybridized carbons (Fsp3) is 0.0800. The lowest BCUT2D eigenvalue weighted by Gasteiger charge is -2.15. The van der Waals surface area contributed by atoms with Crippen LogP contribution in [-0.4, -0.2) is 13.1 Å². The highest BCUT2D eigenvalue weighted by Gasteiger charge is 2.16. The average molecular weight is 494 g/mol. The molecule has 4 aromatic rings. The van der Waals surface area contributed by atoms with Crippen LogP contribution < -0.4 is 14.6 Å². The Morgan fingerprint density at radius 3 is 2.48 bits per heavy atom. The van der Waals surface area contributed by atoms with Crippen molar-refractivity contribution in [1.29, 1.82) is 0 Å². The van der Waals surface area contributed by atoms with Crippen LogP contribution in [0.15, 0.2) is 82.6 Å². The highest BCUT2D eigenvalue weighted by atomic mass is 79.9. The summed E-state index contributed by atoms with van der Waals surface area (Å²) >= 11 is 5.09. The normalized spacial score (nSPS) is 10.6. The summed E-state index contributed by atoms with van der Waals surface area (Å²) in [7, 11) is 1.44. The van der Waals surface area contributed by atoms with Gasteiger partial charge in [0.1, 0.15) is 18.1 Å². The zero-order valence-corrected chi connectivity index (χ0v) is 19.0. The smallest absolute Gasteiger partial charge is 0.127 e. The first-order valence-corrected chi connectivity index (χ1v) is 11.2. The van der Waals surface area contributed by atoms with Crippen LogP contribution in [0.2, 0.25) is 0 Å². The van der Waals surface area contributed by atoms with Gasteiger partial charge in [-0.1, -0.05) is 46.3 Å². The van der Waals surface area contributed by atoms with E-state index in [1.165, 1.54) is 18.4 Å². The Labute approximate surface area is 192 Å². The number of rotatable bonds is 7. The van der Waals surface area contributed by atoms with Crippen LogP contribution >= 0.6 is 27.3 Å². The first-order chi connectivity index (χ1) is 15.1. The molecule has 0 saturated heterocycles. The molecule has 3 aromatic carbocycles. The van der Waals surface area contributed by atoms with E-state index in [1.54, 1.807) is 12.1 Å². The van der Waals surface area contributed by atoms with Crippen molar-refractivity contribution in [3.8, 4) is 33.1 Å². The minimum Gasteiger partial charge on any atom is -0.545 e. The van der Waals surface area contributed by atoms with Crippen LogP contribution in [0.1, 0.15) is 15.9 Å². The lowest BCUT2D eigenvalue weighted by atomic mass is 10.0. The molecule has 0 aliphatic carbocycles. The Morgan fingerprint density at radius 2 is 1.74 bits per heavy atom. The first kappa shape index (κ1) is 21.2. The minimum absolute atomic E-state index is 0.0224. The van der Waals surface area contributed by atoms with Crippen molar-refractivity contribution in [2.24, 2.45) is 0 Å². The van der Waals surface area contributed by atoms with Crippen molar-refractivity contribution in [1.82, 2.24) is 0 Å². The van der Waals surface area contributed by atoms with Gasteiger partial charge in [0.05, 0.1) is 13.1 Å². The van der Waals surface area contributed by atoms with Gasteiger partial charge in [-0.3, -0.25) is 0 Å². The molecule has 0 spiro atoms. The summed E-state index contributed by atoms with van der Waals surface area (Å²) in [6, 6.07) is 23.0. The Morgan fingerprint density at radius 1 is 0.968 bits per heavy atom.